The first-order valence-corrected chi connectivity index (χ1v) is 7.85. The van der Waals surface area contributed by atoms with Gasteiger partial charge in [0, 0.05) is 0 Å². The van der Waals surface area contributed by atoms with Crippen LogP contribution in [0.25, 0.3) is 0 Å². The van der Waals surface area contributed by atoms with Crippen molar-refractivity contribution >= 4 is 46.6 Å². The molecule has 0 aromatic carbocycles. The molecule has 0 amide bonds. The molecule has 0 N–H and O–H groups in total. The van der Waals surface area contributed by atoms with Crippen molar-refractivity contribution in [2.24, 2.45) is 0 Å². The molecule has 1 aromatic rings. The largest absolute Gasteiger partial charge is 0.462 e. The number of aromatic nitrogens is 1. The van der Waals surface area contributed by atoms with Gasteiger partial charge in [-0.1, -0.05) is 34.8 Å². The summed E-state index contributed by atoms with van der Waals surface area (Å²) in [5.74, 6) is -1.22. The maximum atomic E-state index is 12.3. The highest BCUT2D eigenvalue weighted by atomic mass is 35.6. The second kappa shape index (κ2) is 6.04. The summed E-state index contributed by atoms with van der Waals surface area (Å²) in [7, 11) is 0. The van der Waals surface area contributed by atoms with Crippen molar-refractivity contribution in [3.63, 3.8) is 0 Å². The van der Waals surface area contributed by atoms with Gasteiger partial charge in [0.1, 0.15) is 0 Å². The van der Waals surface area contributed by atoms with Gasteiger partial charge in [0.2, 0.25) is 5.78 Å². The lowest BCUT2D eigenvalue weighted by Crippen LogP contribution is -2.38. The van der Waals surface area contributed by atoms with Crippen LogP contribution in [0.5, 0.6) is 0 Å². The molecule has 0 atom stereocenters. The van der Waals surface area contributed by atoms with Gasteiger partial charge in [0.05, 0.1) is 42.3 Å². The SMILES string of the molecule is CCOC(=O)c1cc(C(=O)C(Cl)(Cl)Cl)n2c1COC(C)(C)C2. The summed E-state index contributed by atoms with van der Waals surface area (Å²) in [6.07, 6.45) is 0. The van der Waals surface area contributed by atoms with Crippen LogP contribution in [0.2, 0.25) is 0 Å². The molecule has 5 nitrogen and oxygen atoms in total. The van der Waals surface area contributed by atoms with Crippen LogP contribution in [0, 0.1) is 0 Å². The van der Waals surface area contributed by atoms with Crippen LogP contribution in [0.15, 0.2) is 6.07 Å². The predicted molar refractivity (Wildman–Crippen MR) is 83.9 cm³/mol. The fourth-order valence-electron chi connectivity index (χ4n) is 2.33. The summed E-state index contributed by atoms with van der Waals surface area (Å²) < 4.78 is 10.3. The Morgan fingerprint density at radius 2 is 2.05 bits per heavy atom. The first-order valence-electron chi connectivity index (χ1n) is 6.72. The number of hydrogen-bond donors (Lipinski definition) is 0. The minimum atomic E-state index is -2.09. The van der Waals surface area contributed by atoms with Crippen molar-refractivity contribution in [3.05, 3.63) is 23.0 Å². The van der Waals surface area contributed by atoms with E-state index >= 15 is 0 Å². The number of nitrogens with zero attached hydrogens (tertiary/aromatic N) is 1. The van der Waals surface area contributed by atoms with Crippen molar-refractivity contribution in [1.29, 1.82) is 0 Å². The number of alkyl halides is 3. The van der Waals surface area contributed by atoms with Crippen molar-refractivity contribution in [3.8, 4) is 0 Å². The quantitative estimate of drug-likeness (QED) is 0.465. The molecular weight excluding hydrogens is 353 g/mol. The van der Waals surface area contributed by atoms with Crippen LogP contribution < -0.4 is 0 Å². The number of Topliss-reactive ketones (excluding diaryl/α,β-unsaturated/α-hetero) is 1. The van der Waals surface area contributed by atoms with Gasteiger partial charge in [-0.15, -0.1) is 0 Å². The van der Waals surface area contributed by atoms with E-state index in [1.165, 1.54) is 6.07 Å². The van der Waals surface area contributed by atoms with Crippen LogP contribution in [0.3, 0.4) is 0 Å². The Bertz CT molecular complexity index is 616. The number of esters is 1. The monoisotopic (exact) mass is 367 g/mol. The maximum absolute atomic E-state index is 12.3. The molecule has 0 unspecified atom stereocenters. The van der Waals surface area contributed by atoms with E-state index in [4.69, 9.17) is 44.3 Å². The molecule has 1 aliphatic heterocycles. The molecule has 122 valence electrons. The normalized spacial score (nSPS) is 17.0. The van der Waals surface area contributed by atoms with Gasteiger partial charge in [-0.25, -0.2) is 4.79 Å². The Labute approximate surface area is 143 Å². The standard InChI is InChI=1S/C14H16Cl3NO4/c1-4-21-12(20)8-5-9(11(19)14(15,16)17)18-7-13(2,3)22-6-10(8)18/h5H,4,6-7H2,1-3H3. The minimum absolute atomic E-state index is 0.162. The smallest absolute Gasteiger partial charge is 0.340 e. The van der Waals surface area contributed by atoms with E-state index in [0.29, 0.717) is 12.2 Å². The first kappa shape index (κ1) is 17.6. The van der Waals surface area contributed by atoms with Crippen LogP contribution in [0.1, 0.15) is 47.3 Å². The molecule has 1 aliphatic rings. The lowest BCUT2D eigenvalue weighted by atomic mass is 10.1. The zero-order valence-corrected chi connectivity index (χ0v) is 14.7. The highest BCUT2D eigenvalue weighted by Crippen LogP contribution is 2.35. The van der Waals surface area contributed by atoms with Gasteiger partial charge in [0.15, 0.2) is 0 Å². The summed E-state index contributed by atoms with van der Waals surface area (Å²) in [6.45, 7) is 6.22. The fourth-order valence-corrected chi connectivity index (χ4v) is 2.62. The zero-order chi connectivity index (χ0) is 16.7. The fraction of sp³-hybridized carbons (Fsp3) is 0.571. The van der Waals surface area contributed by atoms with Gasteiger partial charge in [0.25, 0.3) is 3.79 Å². The van der Waals surface area contributed by atoms with Crippen LogP contribution in [0.4, 0.5) is 0 Å². The summed E-state index contributed by atoms with van der Waals surface area (Å²) in [4.78, 5) is 24.4. The Morgan fingerprint density at radius 1 is 1.41 bits per heavy atom. The number of fused-ring (bicyclic) bond motifs is 1. The molecule has 2 rings (SSSR count). The molecule has 0 fully saturated rings. The minimum Gasteiger partial charge on any atom is -0.462 e. The first-order chi connectivity index (χ1) is 10.1. The van der Waals surface area contributed by atoms with E-state index in [-0.39, 0.29) is 24.5 Å². The third-order valence-corrected chi connectivity index (χ3v) is 3.85. The lowest BCUT2D eigenvalue weighted by Gasteiger charge is -2.33. The number of rotatable bonds is 3. The Kier molecular flexibility index (Phi) is 4.83. The van der Waals surface area contributed by atoms with E-state index in [2.05, 4.69) is 0 Å². The molecule has 0 saturated carbocycles. The predicted octanol–water partition coefficient (Wildman–Crippen LogP) is 3.53. The van der Waals surface area contributed by atoms with Gasteiger partial charge in [-0.2, -0.15) is 0 Å². The molecule has 1 aromatic heterocycles. The number of halogens is 3. The average Bonchev–Trinajstić information content (AvgIpc) is 2.74. The molecular formula is C14H16Cl3NO4. The van der Waals surface area contributed by atoms with E-state index in [1.807, 2.05) is 13.8 Å². The molecule has 22 heavy (non-hydrogen) atoms. The highest BCUT2D eigenvalue weighted by Gasteiger charge is 2.39. The van der Waals surface area contributed by atoms with Gasteiger partial charge in [-0.05, 0) is 26.8 Å². The Hall–Kier alpha value is -0.750. The topological polar surface area (TPSA) is 57.5 Å². The van der Waals surface area contributed by atoms with Gasteiger partial charge in [-0.3, -0.25) is 4.79 Å². The molecule has 8 heteroatoms. The average molecular weight is 369 g/mol. The van der Waals surface area contributed by atoms with E-state index in [1.54, 1.807) is 11.5 Å². The molecule has 0 aliphatic carbocycles. The number of ether oxygens (including phenoxy) is 2. The molecule has 0 radical (unpaired) electrons. The van der Waals surface area contributed by atoms with Gasteiger partial charge < -0.3 is 14.0 Å². The summed E-state index contributed by atoms with van der Waals surface area (Å²) >= 11 is 17.1. The summed E-state index contributed by atoms with van der Waals surface area (Å²) in [5.41, 5.74) is 0.473. The number of carbonyl (C=O) groups is 2. The third-order valence-electron chi connectivity index (χ3n) is 3.33. The van der Waals surface area contributed by atoms with E-state index in [0.717, 1.165) is 0 Å². The number of hydrogen-bond acceptors (Lipinski definition) is 4. The number of carbonyl (C=O) groups excluding carboxylic acids is 2. The summed E-state index contributed by atoms with van der Waals surface area (Å²) in [6, 6.07) is 1.41. The molecule has 0 bridgehead atoms. The third kappa shape index (κ3) is 3.43. The number of ketones is 1. The van der Waals surface area contributed by atoms with Crippen LogP contribution in [-0.4, -0.2) is 32.3 Å². The second-order valence-electron chi connectivity index (χ2n) is 5.57. The van der Waals surface area contributed by atoms with E-state index in [9.17, 15) is 9.59 Å². The summed E-state index contributed by atoms with van der Waals surface area (Å²) in [5, 5.41) is 0. The van der Waals surface area contributed by atoms with Gasteiger partial charge >= 0.3 is 5.97 Å². The Balaban J connectivity index is 2.55. The lowest BCUT2D eigenvalue weighted by molar-refractivity contribution is -0.0633. The van der Waals surface area contributed by atoms with Crippen molar-refractivity contribution < 1.29 is 19.1 Å². The maximum Gasteiger partial charge on any atom is 0.340 e. The zero-order valence-electron chi connectivity index (χ0n) is 12.4. The van der Waals surface area contributed by atoms with E-state index < -0.39 is 21.1 Å². The molecule has 0 saturated heterocycles. The molecule has 2 heterocycles. The van der Waals surface area contributed by atoms with Crippen molar-refractivity contribution in [1.82, 2.24) is 4.57 Å². The van der Waals surface area contributed by atoms with Crippen molar-refractivity contribution in [2.45, 2.75) is 43.3 Å². The Morgan fingerprint density at radius 3 is 2.59 bits per heavy atom. The van der Waals surface area contributed by atoms with Crippen LogP contribution >= 0.6 is 34.8 Å². The second-order valence-corrected chi connectivity index (χ2v) is 7.85. The van der Waals surface area contributed by atoms with Crippen molar-refractivity contribution in [2.75, 3.05) is 6.61 Å². The molecule has 0 spiro atoms. The highest BCUT2D eigenvalue weighted by molar-refractivity contribution is 6.77. The van der Waals surface area contributed by atoms with Crippen LogP contribution in [-0.2, 0) is 22.6 Å².